The molecule has 0 bridgehead atoms. The maximum Gasteiger partial charge on any atom is 0.253 e. The number of nitrogens with one attached hydrogen (secondary N) is 2. The van der Waals surface area contributed by atoms with Crippen LogP contribution in [0.2, 0.25) is 0 Å². The van der Waals surface area contributed by atoms with E-state index in [9.17, 15) is 4.79 Å². The lowest BCUT2D eigenvalue weighted by molar-refractivity contribution is 0.0941. The van der Waals surface area contributed by atoms with Crippen molar-refractivity contribution >= 4 is 22.9 Å². The fourth-order valence-corrected chi connectivity index (χ4v) is 2.52. The molecule has 0 unspecified atom stereocenters. The van der Waals surface area contributed by atoms with Crippen LogP contribution in [-0.2, 0) is 0 Å². The van der Waals surface area contributed by atoms with Gasteiger partial charge in [0.25, 0.3) is 5.91 Å². The number of carbonyl (C=O) groups is 1. The molecule has 2 N–H and O–H groups in total. The fourth-order valence-electron chi connectivity index (χ4n) is 1.78. The second-order valence-electron chi connectivity index (χ2n) is 4.01. The topological polar surface area (TPSA) is 41.1 Å². The van der Waals surface area contributed by atoms with Gasteiger partial charge in [0.1, 0.15) is 0 Å². The van der Waals surface area contributed by atoms with Gasteiger partial charge in [-0.15, -0.1) is 11.3 Å². The van der Waals surface area contributed by atoms with Crippen LogP contribution in [0.5, 0.6) is 0 Å². The average molecular weight is 260 g/mol. The lowest BCUT2D eigenvalue weighted by Gasteiger charge is -2.14. The summed E-state index contributed by atoms with van der Waals surface area (Å²) < 4.78 is 0. The summed E-state index contributed by atoms with van der Waals surface area (Å²) in [6.07, 6.45) is 0. The van der Waals surface area contributed by atoms with E-state index in [1.165, 1.54) is 0 Å². The van der Waals surface area contributed by atoms with Crippen molar-refractivity contribution in [1.29, 1.82) is 0 Å². The van der Waals surface area contributed by atoms with Crippen molar-refractivity contribution in [3.8, 4) is 0 Å². The Morgan fingerprint density at radius 3 is 2.67 bits per heavy atom. The van der Waals surface area contributed by atoms with Crippen LogP contribution in [0.25, 0.3) is 0 Å². The molecule has 1 amide bonds. The second kappa shape index (κ2) is 5.69. The molecule has 4 heteroatoms. The lowest BCUT2D eigenvalue weighted by atomic mass is 10.1. The SMILES string of the molecule is CNc1ccccc1C(=O)N[C@H](C)c1cccs1. The first-order chi connectivity index (χ1) is 8.72. The van der Waals surface area contributed by atoms with E-state index in [-0.39, 0.29) is 11.9 Å². The number of benzene rings is 1. The van der Waals surface area contributed by atoms with Gasteiger partial charge in [-0.1, -0.05) is 18.2 Å². The van der Waals surface area contributed by atoms with Crippen molar-refractivity contribution in [1.82, 2.24) is 5.32 Å². The monoisotopic (exact) mass is 260 g/mol. The van der Waals surface area contributed by atoms with Gasteiger partial charge in [-0.25, -0.2) is 0 Å². The standard InChI is InChI=1S/C14H16N2OS/c1-10(13-8-5-9-18-13)16-14(17)11-6-3-4-7-12(11)15-2/h3-10,15H,1-2H3,(H,16,17)/t10-/m1/s1. The number of anilines is 1. The van der Waals surface area contributed by atoms with Gasteiger partial charge in [0.15, 0.2) is 0 Å². The highest BCUT2D eigenvalue weighted by Crippen LogP contribution is 2.20. The second-order valence-corrected chi connectivity index (χ2v) is 4.99. The van der Waals surface area contributed by atoms with Crippen molar-refractivity contribution < 1.29 is 4.79 Å². The van der Waals surface area contributed by atoms with Crippen LogP contribution < -0.4 is 10.6 Å². The molecule has 3 nitrogen and oxygen atoms in total. The van der Waals surface area contributed by atoms with Crippen molar-refractivity contribution in [2.24, 2.45) is 0 Å². The van der Waals surface area contributed by atoms with Gasteiger partial charge >= 0.3 is 0 Å². The Bertz CT molecular complexity index is 522. The normalized spacial score (nSPS) is 11.9. The first-order valence-electron chi connectivity index (χ1n) is 5.83. The van der Waals surface area contributed by atoms with E-state index in [4.69, 9.17) is 0 Å². The van der Waals surface area contributed by atoms with E-state index in [0.717, 1.165) is 10.6 Å². The first-order valence-corrected chi connectivity index (χ1v) is 6.71. The van der Waals surface area contributed by atoms with E-state index in [0.29, 0.717) is 5.56 Å². The summed E-state index contributed by atoms with van der Waals surface area (Å²) in [4.78, 5) is 13.3. The molecular formula is C14H16N2OS. The Morgan fingerprint density at radius 2 is 2.00 bits per heavy atom. The Hall–Kier alpha value is -1.81. The maximum atomic E-state index is 12.2. The molecule has 0 saturated carbocycles. The number of para-hydroxylation sites is 1. The minimum atomic E-state index is -0.0548. The zero-order valence-corrected chi connectivity index (χ0v) is 11.3. The number of rotatable bonds is 4. The molecule has 0 radical (unpaired) electrons. The third-order valence-corrected chi connectivity index (χ3v) is 3.81. The number of amides is 1. The number of hydrogen-bond acceptors (Lipinski definition) is 3. The van der Waals surface area contributed by atoms with Crippen LogP contribution >= 0.6 is 11.3 Å². The van der Waals surface area contributed by atoms with Gasteiger partial charge in [0, 0.05) is 17.6 Å². The number of thiophene rings is 1. The third-order valence-electron chi connectivity index (χ3n) is 2.76. The zero-order valence-electron chi connectivity index (χ0n) is 10.4. The summed E-state index contributed by atoms with van der Waals surface area (Å²) in [7, 11) is 1.81. The summed E-state index contributed by atoms with van der Waals surface area (Å²) >= 11 is 1.65. The van der Waals surface area contributed by atoms with Crippen LogP contribution in [-0.4, -0.2) is 13.0 Å². The van der Waals surface area contributed by atoms with E-state index in [1.807, 2.05) is 55.7 Å². The minimum Gasteiger partial charge on any atom is -0.387 e. The van der Waals surface area contributed by atoms with Crippen LogP contribution in [0, 0.1) is 0 Å². The molecule has 0 spiro atoms. The van der Waals surface area contributed by atoms with Crippen LogP contribution in [0.15, 0.2) is 41.8 Å². The molecule has 2 rings (SSSR count). The van der Waals surface area contributed by atoms with Crippen LogP contribution in [0.3, 0.4) is 0 Å². The third kappa shape index (κ3) is 2.71. The average Bonchev–Trinajstić information content (AvgIpc) is 2.92. The summed E-state index contributed by atoms with van der Waals surface area (Å²) in [6, 6.07) is 11.5. The molecule has 2 aromatic rings. The summed E-state index contributed by atoms with van der Waals surface area (Å²) in [5, 5.41) is 8.04. The molecule has 0 aliphatic heterocycles. The Kier molecular flexibility index (Phi) is 3.99. The zero-order chi connectivity index (χ0) is 13.0. The minimum absolute atomic E-state index is 0.0300. The fraction of sp³-hybridized carbons (Fsp3) is 0.214. The predicted molar refractivity (Wildman–Crippen MR) is 76.2 cm³/mol. The summed E-state index contributed by atoms with van der Waals surface area (Å²) in [6.45, 7) is 1.99. The van der Waals surface area contributed by atoms with Gasteiger partial charge in [0.05, 0.1) is 11.6 Å². The Balaban J connectivity index is 2.12. The highest BCUT2D eigenvalue weighted by molar-refractivity contribution is 7.10. The number of carbonyl (C=O) groups excluding carboxylic acids is 1. The smallest absolute Gasteiger partial charge is 0.253 e. The highest BCUT2D eigenvalue weighted by Gasteiger charge is 2.14. The van der Waals surface area contributed by atoms with Crippen molar-refractivity contribution in [2.75, 3.05) is 12.4 Å². The van der Waals surface area contributed by atoms with Gasteiger partial charge in [-0.05, 0) is 30.5 Å². The largest absolute Gasteiger partial charge is 0.387 e. The van der Waals surface area contributed by atoms with Crippen LogP contribution in [0.1, 0.15) is 28.2 Å². The van der Waals surface area contributed by atoms with E-state index in [1.54, 1.807) is 11.3 Å². The lowest BCUT2D eigenvalue weighted by Crippen LogP contribution is -2.26. The summed E-state index contributed by atoms with van der Waals surface area (Å²) in [5.74, 6) is -0.0548. The van der Waals surface area contributed by atoms with Crippen molar-refractivity contribution in [3.05, 3.63) is 52.2 Å². The molecule has 0 aliphatic carbocycles. The Morgan fingerprint density at radius 1 is 1.22 bits per heavy atom. The first kappa shape index (κ1) is 12.6. The van der Waals surface area contributed by atoms with Gasteiger partial charge in [-0.3, -0.25) is 4.79 Å². The van der Waals surface area contributed by atoms with Crippen molar-refractivity contribution in [3.63, 3.8) is 0 Å². The van der Waals surface area contributed by atoms with E-state index >= 15 is 0 Å². The van der Waals surface area contributed by atoms with Crippen LogP contribution in [0.4, 0.5) is 5.69 Å². The predicted octanol–water partition coefficient (Wildman–Crippen LogP) is 3.28. The maximum absolute atomic E-state index is 12.2. The molecular weight excluding hydrogens is 244 g/mol. The quantitative estimate of drug-likeness (QED) is 0.885. The molecule has 0 saturated heterocycles. The van der Waals surface area contributed by atoms with E-state index < -0.39 is 0 Å². The Labute approximate surface area is 111 Å². The van der Waals surface area contributed by atoms with Gasteiger partial charge < -0.3 is 10.6 Å². The molecule has 0 aliphatic rings. The highest BCUT2D eigenvalue weighted by atomic mass is 32.1. The molecule has 0 fully saturated rings. The molecule has 94 valence electrons. The van der Waals surface area contributed by atoms with Gasteiger partial charge in [0.2, 0.25) is 0 Å². The molecule has 18 heavy (non-hydrogen) atoms. The summed E-state index contributed by atoms with van der Waals surface area (Å²) in [5.41, 5.74) is 1.51. The van der Waals surface area contributed by atoms with E-state index in [2.05, 4.69) is 10.6 Å². The molecule has 1 atom stereocenters. The van der Waals surface area contributed by atoms with Gasteiger partial charge in [-0.2, -0.15) is 0 Å². The number of hydrogen-bond donors (Lipinski definition) is 2. The molecule has 1 heterocycles. The van der Waals surface area contributed by atoms with Crippen molar-refractivity contribution in [2.45, 2.75) is 13.0 Å². The molecule has 1 aromatic heterocycles. The molecule has 1 aromatic carbocycles.